The Morgan fingerprint density at radius 1 is 1.55 bits per heavy atom. The molecule has 0 aliphatic carbocycles. The number of cyclic esters (lactones) is 1. The van der Waals surface area contributed by atoms with Crippen molar-refractivity contribution in [3.63, 3.8) is 0 Å². The van der Waals surface area contributed by atoms with Gasteiger partial charge in [0.25, 0.3) is 0 Å². The van der Waals surface area contributed by atoms with Crippen LogP contribution in [0.25, 0.3) is 0 Å². The number of esters is 1. The van der Waals surface area contributed by atoms with Gasteiger partial charge in [0.05, 0.1) is 5.41 Å². The van der Waals surface area contributed by atoms with Gasteiger partial charge in [-0.05, 0) is 32.9 Å². The molecule has 0 saturated heterocycles. The summed E-state index contributed by atoms with van der Waals surface area (Å²) in [5.41, 5.74) is -0.450. The van der Waals surface area contributed by atoms with Crippen molar-refractivity contribution in [1.82, 2.24) is 0 Å². The van der Waals surface area contributed by atoms with Gasteiger partial charge in [0.15, 0.2) is 0 Å². The lowest BCUT2D eigenvalue weighted by Crippen LogP contribution is -2.17. The zero-order chi connectivity index (χ0) is 8.48. The fourth-order valence-corrected chi connectivity index (χ4v) is 0.929. The average molecular weight is 152 g/mol. The summed E-state index contributed by atoms with van der Waals surface area (Å²) in [5, 5.41) is 0. The Labute approximate surface area is 66.5 Å². The standard InChI is InChI=1S/C9H12O2/c1-4-5-7-6-9(2,3)8(10)11-7/h4-6H,1-3H3/b5-4+. The van der Waals surface area contributed by atoms with Gasteiger partial charge >= 0.3 is 5.97 Å². The largest absolute Gasteiger partial charge is 0.426 e. The maximum absolute atomic E-state index is 11.1. The zero-order valence-corrected chi connectivity index (χ0v) is 7.05. The van der Waals surface area contributed by atoms with Crippen LogP contribution in [0.5, 0.6) is 0 Å². The minimum Gasteiger partial charge on any atom is -0.426 e. The van der Waals surface area contributed by atoms with Gasteiger partial charge in [-0.25, -0.2) is 0 Å². The van der Waals surface area contributed by atoms with Gasteiger partial charge in [-0.1, -0.05) is 6.08 Å². The third-order valence-electron chi connectivity index (χ3n) is 1.57. The van der Waals surface area contributed by atoms with E-state index in [0.29, 0.717) is 5.76 Å². The van der Waals surface area contributed by atoms with Gasteiger partial charge in [0, 0.05) is 0 Å². The lowest BCUT2D eigenvalue weighted by atomic mass is 9.95. The number of hydrogen-bond donors (Lipinski definition) is 0. The van der Waals surface area contributed by atoms with Crippen molar-refractivity contribution in [3.05, 3.63) is 24.0 Å². The van der Waals surface area contributed by atoms with Gasteiger partial charge in [-0.15, -0.1) is 0 Å². The van der Waals surface area contributed by atoms with Gasteiger partial charge in [-0.2, -0.15) is 0 Å². The van der Waals surface area contributed by atoms with Crippen molar-refractivity contribution < 1.29 is 9.53 Å². The van der Waals surface area contributed by atoms with Gasteiger partial charge in [0.1, 0.15) is 5.76 Å². The normalized spacial score (nSPS) is 22.1. The second-order valence-electron chi connectivity index (χ2n) is 3.16. The van der Waals surface area contributed by atoms with Crippen LogP contribution in [0.4, 0.5) is 0 Å². The Hall–Kier alpha value is -1.05. The molecule has 0 saturated carbocycles. The molecule has 0 fully saturated rings. The molecule has 0 aromatic carbocycles. The Morgan fingerprint density at radius 3 is 2.55 bits per heavy atom. The first kappa shape index (κ1) is 8.05. The number of carbonyl (C=O) groups is 1. The summed E-state index contributed by atoms with van der Waals surface area (Å²) in [5.74, 6) is 0.480. The van der Waals surface area contributed by atoms with Gasteiger partial charge in [-0.3, -0.25) is 4.79 Å². The number of carbonyl (C=O) groups excluding carboxylic acids is 1. The molecular weight excluding hydrogens is 140 g/mol. The molecule has 0 N–H and O–H groups in total. The summed E-state index contributed by atoms with van der Waals surface area (Å²) in [6.07, 6.45) is 5.46. The minimum atomic E-state index is -0.450. The molecule has 1 heterocycles. The van der Waals surface area contributed by atoms with E-state index in [0.717, 1.165) is 0 Å². The highest BCUT2D eigenvalue weighted by atomic mass is 16.5. The third kappa shape index (κ3) is 1.50. The van der Waals surface area contributed by atoms with Crippen molar-refractivity contribution in [2.75, 3.05) is 0 Å². The van der Waals surface area contributed by atoms with E-state index in [2.05, 4.69) is 0 Å². The Kier molecular flexibility index (Phi) is 1.85. The van der Waals surface area contributed by atoms with Crippen molar-refractivity contribution in [2.24, 2.45) is 5.41 Å². The summed E-state index contributed by atoms with van der Waals surface area (Å²) in [7, 11) is 0. The number of allylic oxidation sites excluding steroid dienone is 2. The molecule has 0 radical (unpaired) electrons. The highest BCUT2D eigenvalue weighted by Gasteiger charge is 2.33. The first-order valence-corrected chi connectivity index (χ1v) is 3.64. The maximum Gasteiger partial charge on any atom is 0.320 e. The first-order valence-electron chi connectivity index (χ1n) is 3.64. The van der Waals surface area contributed by atoms with Crippen LogP contribution in [0.1, 0.15) is 20.8 Å². The Bertz CT molecular complexity index is 234. The number of ether oxygens (including phenoxy) is 1. The van der Waals surface area contributed by atoms with Crippen LogP contribution in [0, 0.1) is 5.41 Å². The van der Waals surface area contributed by atoms with E-state index in [9.17, 15) is 4.79 Å². The Morgan fingerprint density at radius 2 is 2.18 bits per heavy atom. The fourth-order valence-electron chi connectivity index (χ4n) is 0.929. The van der Waals surface area contributed by atoms with E-state index >= 15 is 0 Å². The molecule has 0 unspecified atom stereocenters. The van der Waals surface area contributed by atoms with E-state index in [-0.39, 0.29) is 5.97 Å². The summed E-state index contributed by atoms with van der Waals surface area (Å²) in [6, 6.07) is 0. The van der Waals surface area contributed by atoms with E-state index in [1.807, 2.05) is 32.9 Å². The van der Waals surface area contributed by atoms with E-state index in [4.69, 9.17) is 4.74 Å². The van der Waals surface area contributed by atoms with Crippen LogP contribution < -0.4 is 0 Å². The monoisotopic (exact) mass is 152 g/mol. The van der Waals surface area contributed by atoms with E-state index in [1.165, 1.54) is 0 Å². The third-order valence-corrected chi connectivity index (χ3v) is 1.57. The molecule has 0 aromatic rings. The predicted molar refractivity (Wildman–Crippen MR) is 42.8 cm³/mol. The van der Waals surface area contributed by atoms with Gasteiger partial charge in [0.2, 0.25) is 0 Å². The van der Waals surface area contributed by atoms with Crippen LogP contribution >= 0.6 is 0 Å². The van der Waals surface area contributed by atoms with Crippen molar-refractivity contribution in [3.8, 4) is 0 Å². The zero-order valence-electron chi connectivity index (χ0n) is 7.05. The minimum absolute atomic E-state index is 0.175. The summed E-state index contributed by atoms with van der Waals surface area (Å²) < 4.78 is 4.95. The molecule has 2 heteroatoms. The highest BCUT2D eigenvalue weighted by Crippen LogP contribution is 2.29. The smallest absolute Gasteiger partial charge is 0.320 e. The molecule has 0 bridgehead atoms. The molecule has 1 aliphatic heterocycles. The molecule has 0 amide bonds. The Balaban J connectivity index is 2.84. The van der Waals surface area contributed by atoms with Crippen LogP contribution in [-0.2, 0) is 9.53 Å². The molecule has 11 heavy (non-hydrogen) atoms. The van der Waals surface area contributed by atoms with E-state index < -0.39 is 5.41 Å². The molecular formula is C9H12O2. The SMILES string of the molecule is C/C=C/C1=CC(C)(C)C(=O)O1. The molecule has 1 aliphatic rings. The molecule has 60 valence electrons. The summed E-state index contributed by atoms with van der Waals surface area (Å²) >= 11 is 0. The van der Waals surface area contributed by atoms with Crippen LogP contribution in [0.15, 0.2) is 24.0 Å². The highest BCUT2D eigenvalue weighted by molar-refractivity contribution is 5.82. The maximum atomic E-state index is 11.1. The first-order chi connectivity index (χ1) is 5.06. The van der Waals surface area contributed by atoms with Crippen LogP contribution in [0.3, 0.4) is 0 Å². The lowest BCUT2D eigenvalue weighted by molar-refractivity contribution is -0.143. The molecule has 1 rings (SSSR count). The van der Waals surface area contributed by atoms with Crippen molar-refractivity contribution >= 4 is 5.97 Å². The van der Waals surface area contributed by atoms with Gasteiger partial charge < -0.3 is 4.74 Å². The molecule has 0 atom stereocenters. The predicted octanol–water partition coefficient (Wildman–Crippen LogP) is 2.03. The lowest BCUT2D eigenvalue weighted by Gasteiger charge is -2.07. The quantitative estimate of drug-likeness (QED) is 0.537. The number of hydrogen-bond acceptors (Lipinski definition) is 2. The summed E-state index contributed by atoms with van der Waals surface area (Å²) in [6.45, 7) is 5.57. The molecule has 0 aromatic heterocycles. The summed E-state index contributed by atoms with van der Waals surface area (Å²) in [4.78, 5) is 11.1. The van der Waals surface area contributed by atoms with Crippen LogP contribution in [0.2, 0.25) is 0 Å². The van der Waals surface area contributed by atoms with Crippen molar-refractivity contribution in [1.29, 1.82) is 0 Å². The van der Waals surface area contributed by atoms with E-state index in [1.54, 1.807) is 6.08 Å². The average Bonchev–Trinajstić information content (AvgIpc) is 2.08. The second kappa shape index (κ2) is 2.53. The second-order valence-corrected chi connectivity index (χ2v) is 3.16. The fraction of sp³-hybridized carbons (Fsp3) is 0.444. The topological polar surface area (TPSA) is 26.3 Å². The number of rotatable bonds is 1. The molecule has 0 spiro atoms. The molecule has 2 nitrogen and oxygen atoms in total. The van der Waals surface area contributed by atoms with Crippen molar-refractivity contribution in [2.45, 2.75) is 20.8 Å². The van der Waals surface area contributed by atoms with Crippen LogP contribution in [-0.4, -0.2) is 5.97 Å².